The van der Waals surface area contributed by atoms with Crippen LogP contribution >= 0.6 is 0 Å². The van der Waals surface area contributed by atoms with Crippen LogP contribution < -0.4 is 5.32 Å². The normalized spacial score (nSPS) is 15.4. The Kier molecular flexibility index (Phi) is 4.91. The number of aryl methyl sites for hydroxylation is 2. The van der Waals surface area contributed by atoms with Crippen LogP contribution in [0.25, 0.3) is 0 Å². The van der Waals surface area contributed by atoms with E-state index in [2.05, 4.69) is 10.4 Å². The fourth-order valence-electron chi connectivity index (χ4n) is 2.95. The van der Waals surface area contributed by atoms with Gasteiger partial charge in [0.1, 0.15) is 5.69 Å². The molecule has 0 unspecified atom stereocenters. The SMILES string of the molecule is Cc1cc(C(=O)NCc2ccc(S(=O)(=O)N3CCCC3)cc2)n(C)n1. The highest BCUT2D eigenvalue weighted by molar-refractivity contribution is 7.89. The largest absolute Gasteiger partial charge is 0.347 e. The van der Waals surface area contributed by atoms with Gasteiger partial charge >= 0.3 is 0 Å². The fourth-order valence-corrected chi connectivity index (χ4v) is 4.47. The molecular weight excluding hydrogens is 340 g/mol. The van der Waals surface area contributed by atoms with Crippen molar-refractivity contribution in [2.75, 3.05) is 13.1 Å². The lowest BCUT2D eigenvalue weighted by Crippen LogP contribution is -2.28. The molecule has 25 heavy (non-hydrogen) atoms. The maximum Gasteiger partial charge on any atom is 0.269 e. The van der Waals surface area contributed by atoms with E-state index in [-0.39, 0.29) is 5.91 Å². The molecule has 3 rings (SSSR count). The van der Waals surface area contributed by atoms with Crippen LogP contribution in [0.5, 0.6) is 0 Å². The van der Waals surface area contributed by atoms with E-state index in [0.29, 0.717) is 30.2 Å². The molecule has 7 nitrogen and oxygen atoms in total. The van der Waals surface area contributed by atoms with Crippen LogP contribution in [0.2, 0.25) is 0 Å². The van der Waals surface area contributed by atoms with E-state index in [4.69, 9.17) is 0 Å². The lowest BCUT2D eigenvalue weighted by atomic mass is 10.2. The maximum absolute atomic E-state index is 12.5. The number of nitrogens with one attached hydrogen (secondary N) is 1. The van der Waals surface area contributed by atoms with Gasteiger partial charge in [0.25, 0.3) is 5.91 Å². The Morgan fingerprint density at radius 1 is 1.20 bits per heavy atom. The molecule has 0 radical (unpaired) electrons. The van der Waals surface area contributed by atoms with Gasteiger partial charge in [-0.2, -0.15) is 9.40 Å². The summed E-state index contributed by atoms with van der Waals surface area (Å²) in [5.41, 5.74) is 2.11. The van der Waals surface area contributed by atoms with E-state index >= 15 is 0 Å². The summed E-state index contributed by atoms with van der Waals surface area (Å²) in [7, 11) is -1.68. The number of rotatable bonds is 5. The van der Waals surface area contributed by atoms with E-state index < -0.39 is 10.0 Å². The second-order valence-corrected chi connectivity index (χ2v) is 8.17. The average Bonchev–Trinajstić information content (AvgIpc) is 3.23. The van der Waals surface area contributed by atoms with Crippen molar-refractivity contribution < 1.29 is 13.2 Å². The molecule has 1 N–H and O–H groups in total. The fraction of sp³-hybridized carbons (Fsp3) is 0.412. The predicted octanol–water partition coefficient (Wildman–Crippen LogP) is 1.44. The Balaban J connectivity index is 1.65. The quantitative estimate of drug-likeness (QED) is 0.872. The number of sulfonamides is 1. The summed E-state index contributed by atoms with van der Waals surface area (Å²) in [5.74, 6) is -0.211. The van der Waals surface area contributed by atoms with Gasteiger partial charge in [-0.15, -0.1) is 0 Å². The summed E-state index contributed by atoms with van der Waals surface area (Å²) in [6, 6.07) is 8.39. The van der Waals surface area contributed by atoms with Gasteiger partial charge in [-0.1, -0.05) is 12.1 Å². The molecule has 0 atom stereocenters. The summed E-state index contributed by atoms with van der Waals surface area (Å²) in [5, 5.41) is 6.97. The molecule has 1 aromatic carbocycles. The molecule has 0 bridgehead atoms. The molecule has 0 spiro atoms. The topological polar surface area (TPSA) is 84.3 Å². The monoisotopic (exact) mass is 362 g/mol. The first-order valence-corrected chi connectivity index (χ1v) is 9.70. The van der Waals surface area contributed by atoms with E-state index in [1.54, 1.807) is 37.4 Å². The molecule has 1 aliphatic heterocycles. The molecule has 1 aromatic heterocycles. The Hall–Kier alpha value is -2.19. The van der Waals surface area contributed by atoms with Crippen LogP contribution in [0.1, 0.15) is 34.6 Å². The second-order valence-electron chi connectivity index (χ2n) is 6.23. The Bertz CT molecular complexity index is 866. The molecule has 8 heteroatoms. The van der Waals surface area contributed by atoms with Crippen LogP contribution in [-0.2, 0) is 23.6 Å². The minimum Gasteiger partial charge on any atom is -0.347 e. The van der Waals surface area contributed by atoms with Crippen molar-refractivity contribution in [3.05, 3.63) is 47.3 Å². The third-order valence-electron chi connectivity index (χ3n) is 4.31. The lowest BCUT2D eigenvalue weighted by molar-refractivity contribution is 0.0941. The molecule has 0 aliphatic carbocycles. The van der Waals surface area contributed by atoms with E-state index in [1.165, 1.54) is 8.99 Å². The standard InChI is InChI=1S/C17H22N4O3S/c1-13-11-16(20(2)19-13)17(22)18-12-14-5-7-15(8-6-14)25(23,24)21-9-3-4-10-21/h5-8,11H,3-4,9-10,12H2,1-2H3,(H,18,22). The van der Waals surface area contributed by atoms with Gasteiger partial charge in [0, 0.05) is 26.7 Å². The summed E-state index contributed by atoms with van der Waals surface area (Å²) < 4.78 is 28.0. The number of benzene rings is 1. The number of carbonyl (C=O) groups excluding carboxylic acids is 1. The molecular formula is C17H22N4O3S. The van der Waals surface area contributed by atoms with Crippen LogP contribution in [0.3, 0.4) is 0 Å². The number of hydrogen-bond donors (Lipinski definition) is 1. The second kappa shape index (κ2) is 6.97. The van der Waals surface area contributed by atoms with Crippen molar-refractivity contribution in [3.63, 3.8) is 0 Å². The zero-order valence-corrected chi connectivity index (χ0v) is 15.2. The highest BCUT2D eigenvalue weighted by Crippen LogP contribution is 2.21. The highest BCUT2D eigenvalue weighted by Gasteiger charge is 2.26. The van der Waals surface area contributed by atoms with Crippen molar-refractivity contribution in [1.29, 1.82) is 0 Å². The maximum atomic E-state index is 12.5. The Morgan fingerprint density at radius 3 is 2.40 bits per heavy atom. The molecule has 134 valence electrons. The first-order valence-electron chi connectivity index (χ1n) is 8.26. The molecule has 1 amide bonds. The summed E-state index contributed by atoms with van der Waals surface area (Å²) in [6.07, 6.45) is 1.83. The van der Waals surface area contributed by atoms with Gasteiger partial charge in [-0.25, -0.2) is 8.42 Å². The molecule has 1 aliphatic rings. The number of amides is 1. The molecule has 1 fully saturated rings. The first-order chi connectivity index (χ1) is 11.9. The van der Waals surface area contributed by atoms with Crippen LogP contribution in [-0.4, -0.2) is 41.5 Å². The zero-order valence-electron chi connectivity index (χ0n) is 14.4. The summed E-state index contributed by atoms with van der Waals surface area (Å²) in [4.78, 5) is 12.5. The van der Waals surface area contributed by atoms with Crippen LogP contribution in [0.15, 0.2) is 35.2 Å². The van der Waals surface area contributed by atoms with Gasteiger partial charge < -0.3 is 5.32 Å². The lowest BCUT2D eigenvalue weighted by Gasteiger charge is -2.15. The van der Waals surface area contributed by atoms with E-state index in [1.807, 2.05) is 6.92 Å². The van der Waals surface area contributed by atoms with Crippen molar-refractivity contribution in [1.82, 2.24) is 19.4 Å². The summed E-state index contributed by atoms with van der Waals surface area (Å²) >= 11 is 0. The third-order valence-corrected chi connectivity index (χ3v) is 6.23. The van der Waals surface area contributed by atoms with Gasteiger partial charge in [0.05, 0.1) is 10.6 Å². The van der Waals surface area contributed by atoms with E-state index in [9.17, 15) is 13.2 Å². The summed E-state index contributed by atoms with van der Waals surface area (Å²) in [6.45, 7) is 3.33. The van der Waals surface area contributed by atoms with Gasteiger partial charge in [0.15, 0.2) is 0 Å². The number of hydrogen-bond acceptors (Lipinski definition) is 4. The molecule has 1 saturated heterocycles. The third kappa shape index (κ3) is 3.74. The Labute approximate surface area is 147 Å². The van der Waals surface area contributed by atoms with Crippen molar-refractivity contribution in [3.8, 4) is 0 Å². The minimum atomic E-state index is -3.40. The van der Waals surface area contributed by atoms with Crippen molar-refractivity contribution in [2.24, 2.45) is 7.05 Å². The predicted molar refractivity (Wildman–Crippen MR) is 93.6 cm³/mol. The molecule has 0 saturated carbocycles. The Morgan fingerprint density at radius 2 is 1.84 bits per heavy atom. The zero-order chi connectivity index (χ0) is 18.0. The molecule has 2 aromatic rings. The van der Waals surface area contributed by atoms with Crippen LogP contribution in [0, 0.1) is 6.92 Å². The van der Waals surface area contributed by atoms with Gasteiger partial charge in [-0.3, -0.25) is 9.48 Å². The van der Waals surface area contributed by atoms with Gasteiger partial charge in [0.2, 0.25) is 10.0 Å². The average molecular weight is 362 g/mol. The van der Waals surface area contributed by atoms with Crippen LogP contribution in [0.4, 0.5) is 0 Å². The van der Waals surface area contributed by atoms with E-state index in [0.717, 1.165) is 24.1 Å². The number of aromatic nitrogens is 2. The number of nitrogens with zero attached hydrogens (tertiary/aromatic N) is 3. The molecule has 2 heterocycles. The number of carbonyl (C=O) groups is 1. The highest BCUT2D eigenvalue weighted by atomic mass is 32.2. The minimum absolute atomic E-state index is 0.211. The van der Waals surface area contributed by atoms with Gasteiger partial charge in [-0.05, 0) is 43.5 Å². The first kappa shape index (κ1) is 17.6. The van der Waals surface area contributed by atoms with Crippen molar-refractivity contribution in [2.45, 2.75) is 31.2 Å². The smallest absolute Gasteiger partial charge is 0.269 e. The van der Waals surface area contributed by atoms with Crippen molar-refractivity contribution >= 4 is 15.9 Å².